The summed E-state index contributed by atoms with van der Waals surface area (Å²) in [6.45, 7) is 1.53. The average molecular weight is 504 g/mol. The molecule has 6 nitrogen and oxygen atoms in total. The monoisotopic (exact) mass is 503 g/mol. The standard InChI is InChI=1S/C26H31Cl2N3O3/c27-23-15-19(17-6-8-21(9-7-17)34-26(33)30-12-11-29)16-24(28)22(23)14-18-10-13-31(25(18)32)20-4-2-1-3-5-20/h6-9,15-16,18,20H,1-5,10-14,29H2,(H,30,33). The van der Waals surface area contributed by atoms with E-state index in [1.165, 1.54) is 19.3 Å². The third-order valence-electron chi connectivity index (χ3n) is 6.77. The Hall–Kier alpha value is -2.28. The number of amides is 2. The van der Waals surface area contributed by atoms with Crippen LogP contribution < -0.4 is 15.8 Å². The molecule has 8 heteroatoms. The van der Waals surface area contributed by atoms with Gasteiger partial charge in [-0.3, -0.25) is 4.79 Å². The lowest BCUT2D eigenvalue weighted by atomic mass is 9.93. The van der Waals surface area contributed by atoms with Crippen molar-refractivity contribution in [1.29, 1.82) is 0 Å². The Bertz CT molecular complexity index is 999. The lowest BCUT2D eigenvalue weighted by Gasteiger charge is -2.31. The lowest BCUT2D eigenvalue weighted by molar-refractivity contribution is -0.133. The third-order valence-corrected chi connectivity index (χ3v) is 7.44. The Morgan fingerprint density at radius 2 is 1.71 bits per heavy atom. The fourth-order valence-corrected chi connectivity index (χ4v) is 5.59. The molecule has 1 unspecified atom stereocenters. The molecule has 182 valence electrons. The molecule has 1 saturated heterocycles. The molecule has 2 aromatic carbocycles. The maximum Gasteiger partial charge on any atom is 0.412 e. The quantitative estimate of drug-likeness (QED) is 0.527. The molecule has 1 aliphatic heterocycles. The SMILES string of the molecule is NCCNC(=O)Oc1ccc(-c2cc(Cl)c(CC3CCN(C4CCCCC4)C3=O)c(Cl)c2)cc1. The van der Waals surface area contributed by atoms with Gasteiger partial charge in [-0.15, -0.1) is 0 Å². The molecule has 1 atom stereocenters. The molecule has 2 aliphatic rings. The Morgan fingerprint density at radius 3 is 2.35 bits per heavy atom. The topological polar surface area (TPSA) is 84.7 Å². The number of halogens is 2. The van der Waals surface area contributed by atoms with E-state index in [1.54, 1.807) is 12.1 Å². The highest BCUT2D eigenvalue weighted by molar-refractivity contribution is 6.36. The number of likely N-dealkylation sites (tertiary alicyclic amines) is 1. The van der Waals surface area contributed by atoms with Crippen molar-refractivity contribution < 1.29 is 14.3 Å². The van der Waals surface area contributed by atoms with Crippen molar-refractivity contribution in [2.45, 2.75) is 51.0 Å². The summed E-state index contributed by atoms with van der Waals surface area (Å²) in [6, 6.07) is 11.3. The van der Waals surface area contributed by atoms with Crippen LogP contribution in [0.5, 0.6) is 5.75 Å². The number of carbonyl (C=O) groups is 2. The maximum atomic E-state index is 13.1. The van der Waals surface area contributed by atoms with E-state index in [2.05, 4.69) is 10.2 Å². The van der Waals surface area contributed by atoms with Gasteiger partial charge in [0.15, 0.2) is 0 Å². The van der Waals surface area contributed by atoms with Crippen LogP contribution in [0.2, 0.25) is 10.0 Å². The van der Waals surface area contributed by atoms with Gasteiger partial charge in [-0.05, 0) is 66.6 Å². The number of nitrogens with one attached hydrogen (secondary N) is 1. The minimum Gasteiger partial charge on any atom is -0.410 e. The minimum absolute atomic E-state index is 0.0652. The number of ether oxygens (including phenoxy) is 1. The lowest BCUT2D eigenvalue weighted by Crippen LogP contribution is -2.39. The van der Waals surface area contributed by atoms with E-state index in [-0.39, 0.29) is 11.8 Å². The highest BCUT2D eigenvalue weighted by Crippen LogP contribution is 2.37. The Morgan fingerprint density at radius 1 is 1.03 bits per heavy atom. The van der Waals surface area contributed by atoms with Crippen LogP contribution in [0.25, 0.3) is 11.1 Å². The Balaban J connectivity index is 1.42. The van der Waals surface area contributed by atoms with E-state index < -0.39 is 6.09 Å². The summed E-state index contributed by atoms with van der Waals surface area (Å²) in [6.07, 6.45) is 6.82. The molecule has 1 aliphatic carbocycles. The predicted molar refractivity (Wildman–Crippen MR) is 135 cm³/mol. The molecule has 4 rings (SSSR count). The van der Waals surface area contributed by atoms with E-state index in [1.807, 2.05) is 24.3 Å². The summed E-state index contributed by atoms with van der Waals surface area (Å²) in [4.78, 5) is 26.9. The zero-order valence-corrected chi connectivity index (χ0v) is 20.7. The molecule has 0 aromatic heterocycles. The number of hydrogen-bond acceptors (Lipinski definition) is 4. The predicted octanol–water partition coefficient (Wildman–Crippen LogP) is 5.43. The van der Waals surface area contributed by atoms with E-state index in [4.69, 9.17) is 33.7 Å². The number of nitrogens with two attached hydrogens (primary N) is 1. The fourth-order valence-electron chi connectivity index (χ4n) is 4.95. The molecule has 0 bridgehead atoms. The average Bonchev–Trinajstić information content (AvgIpc) is 3.21. The van der Waals surface area contributed by atoms with Crippen molar-refractivity contribution in [3.8, 4) is 16.9 Å². The number of hydrogen-bond donors (Lipinski definition) is 2. The normalized spacial score (nSPS) is 18.9. The van der Waals surface area contributed by atoms with Crippen molar-refractivity contribution in [2.75, 3.05) is 19.6 Å². The summed E-state index contributed by atoms with van der Waals surface area (Å²) in [5.74, 6) is 0.605. The highest BCUT2D eigenvalue weighted by Gasteiger charge is 2.36. The van der Waals surface area contributed by atoms with Gasteiger partial charge in [-0.1, -0.05) is 54.6 Å². The molecule has 3 N–H and O–H groups in total. The molecule has 2 amide bonds. The van der Waals surface area contributed by atoms with Gasteiger partial charge in [0.1, 0.15) is 5.75 Å². The van der Waals surface area contributed by atoms with Crippen LogP contribution in [0.4, 0.5) is 4.79 Å². The molecule has 2 aromatic rings. The van der Waals surface area contributed by atoms with Gasteiger partial charge >= 0.3 is 6.09 Å². The third kappa shape index (κ3) is 5.85. The van der Waals surface area contributed by atoms with Crippen LogP contribution >= 0.6 is 23.2 Å². The molecule has 1 saturated carbocycles. The Kier molecular flexibility index (Phi) is 8.35. The summed E-state index contributed by atoms with van der Waals surface area (Å²) < 4.78 is 5.22. The van der Waals surface area contributed by atoms with Crippen LogP contribution in [0.1, 0.15) is 44.1 Å². The second-order valence-corrected chi connectivity index (χ2v) is 9.88. The molecule has 0 spiro atoms. The summed E-state index contributed by atoms with van der Waals surface area (Å²) in [5, 5.41) is 3.68. The number of rotatable bonds is 7. The smallest absolute Gasteiger partial charge is 0.410 e. The van der Waals surface area contributed by atoms with Crippen LogP contribution in [0, 0.1) is 5.92 Å². The van der Waals surface area contributed by atoms with Gasteiger partial charge in [0, 0.05) is 41.6 Å². The molecule has 2 fully saturated rings. The van der Waals surface area contributed by atoms with Crippen LogP contribution in [-0.2, 0) is 11.2 Å². The summed E-state index contributed by atoms with van der Waals surface area (Å²) in [7, 11) is 0. The van der Waals surface area contributed by atoms with Crippen molar-refractivity contribution in [3.63, 3.8) is 0 Å². The number of nitrogens with zero attached hydrogens (tertiary/aromatic N) is 1. The summed E-state index contributed by atoms with van der Waals surface area (Å²) >= 11 is 13.3. The maximum absolute atomic E-state index is 13.1. The van der Waals surface area contributed by atoms with E-state index in [0.717, 1.165) is 42.5 Å². The first-order chi connectivity index (χ1) is 16.5. The van der Waals surface area contributed by atoms with Crippen molar-refractivity contribution in [1.82, 2.24) is 10.2 Å². The van der Waals surface area contributed by atoms with Gasteiger partial charge in [0.25, 0.3) is 0 Å². The second kappa shape index (κ2) is 11.4. The molecule has 0 radical (unpaired) electrons. The largest absolute Gasteiger partial charge is 0.412 e. The van der Waals surface area contributed by atoms with E-state index in [9.17, 15) is 9.59 Å². The molecular weight excluding hydrogens is 473 g/mol. The van der Waals surface area contributed by atoms with Gasteiger partial charge in [0.05, 0.1) is 0 Å². The first kappa shape index (κ1) is 24.8. The number of benzene rings is 2. The molecule has 1 heterocycles. The second-order valence-electron chi connectivity index (χ2n) is 9.06. The number of carbonyl (C=O) groups excluding carboxylic acids is 2. The Labute approximate surface area is 210 Å². The van der Waals surface area contributed by atoms with E-state index in [0.29, 0.717) is 41.3 Å². The van der Waals surface area contributed by atoms with Gasteiger partial charge in [0.2, 0.25) is 5.91 Å². The first-order valence-corrected chi connectivity index (χ1v) is 12.8. The van der Waals surface area contributed by atoms with Crippen LogP contribution in [-0.4, -0.2) is 42.6 Å². The highest BCUT2D eigenvalue weighted by atomic mass is 35.5. The van der Waals surface area contributed by atoms with E-state index >= 15 is 0 Å². The van der Waals surface area contributed by atoms with Crippen molar-refractivity contribution in [3.05, 3.63) is 52.0 Å². The first-order valence-electron chi connectivity index (χ1n) is 12.0. The molecular formula is C26H31Cl2N3O3. The van der Waals surface area contributed by atoms with Crippen molar-refractivity contribution >= 4 is 35.2 Å². The van der Waals surface area contributed by atoms with Gasteiger partial charge in [-0.2, -0.15) is 0 Å². The fraction of sp³-hybridized carbons (Fsp3) is 0.462. The zero-order chi connectivity index (χ0) is 24.1. The minimum atomic E-state index is -0.544. The van der Waals surface area contributed by atoms with Crippen molar-refractivity contribution in [2.24, 2.45) is 11.7 Å². The van der Waals surface area contributed by atoms with Crippen LogP contribution in [0.3, 0.4) is 0 Å². The molecule has 34 heavy (non-hydrogen) atoms. The van der Waals surface area contributed by atoms with Crippen LogP contribution in [0.15, 0.2) is 36.4 Å². The summed E-state index contributed by atoms with van der Waals surface area (Å²) in [5.41, 5.74) is 7.95. The van der Waals surface area contributed by atoms with Gasteiger partial charge < -0.3 is 20.7 Å². The zero-order valence-electron chi connectivity index (χ0n) is 19.2. The van der Waals surface area contributed by atoms with Gasteiger partial charge in [-0.25, -0.2) is 4.79 Å².